The topological polar surface area (TPSA) is 72.2 Å². The molecule has 0 spiro atoms. The second-order valence-electron chi connectivity index (χ2n) is 5.96. The minimum atomic E-state index is -4.48. The molecule has 2 atom stereocenters. The fourth-order valence-corrected chi connectivity index (χ4v) is 4.45. The van der Waals surface area contributed by atoms with E-state index in [1.54, 1.807) is 0 Å². The lowest BCUT2D eigenvalue weighted by Crippen LogP contribution is -2.45. The summed E-state index contributed by atoms with van der Waals surface area (Å²) in [6.07, 6.45) is -0.959. The number of alkyl halides is 3. The van der Waals surface area contributed by atoms with Gasteiger partial charge in [0.1, 0.15) is 0 Å². The van der Waals surface area contributed by atoms with Crippen LogP contribution in [0.2, 0.25) is 0 Å². The van der Waals surface area contributed by atoms with Crippen molar-refractivity contribution in [1.29, 1.82) is 0 Å². The van der Waals surface area contributed by atoms with Crippen LogP contribution in [0.4, 0.5) is 13.2 Å². The number of benzene rings is 1. The number of halogens is 4. The molecular weight excluding hydrogens is 365 g/mol. The summed E-state index contributed by atoms with van der Waals surface area (Å²) in [7, 11) is -3.71. The summed E-state index contributed by atoms with van der Waals surface area (Å²) in [5, 5.41) is 0. The predicted molar refractivity (Wildman–Crippen MR) is 89.3 cm³/mol. The second-order valence-corrected chi connectivity index (χ2v) is 7.72. The summed E-state index contributed by atoms with van der Waals surface area (Å²) in [5.74, 6) is -0.384. The Morgan fingerprint density at radius 1 is 1.21 bits per heavy atom. The molecule has 2 unspecified atom stereocenters. The van der Waals surface area contributed by atoms with E-state index in [0.29, 0.717) is 13.0 Å². The van der Waals surface area contributed by atoms with Gasteiger partial charge in [0.2, 0.25) is 10.0 Å². The van der Waals surface area contributed by atoms with Gasteiger partial charge in [-0.05, 0) is 36.9 Å². The smallest absolute Gasteiger partial charge is 0.330 e. The van der Waals surface area contributed by atoms with E-state index in [4.69, 9.17) is 5.73 Å². The van der Waals surface area contributed by atoms with Crippen molar-refractivity contribution in [2.45, 2.75) is 43.7 Å². The molecule has 1 aliphatic carbocycles. The summed E-state index contributed by atoms with van der Waals surface area (Å²) in [4.78, 5) is 0. The van der Waals surface area contributed by atoms with Crippen molar-refractivity contribution in [3.63, 3.8) is 0 Å². The van der Waals surface area contributed by atoms with Crippen LogP contribution in [-0.4, -0.2) is 21.0 Å². The molecule has 3 N–H and O–H groups in total. The summed E-state index contributed by atoms with van der Waals surface area (Å²) in [5.41, 5.74) is 4.95. The minimum Gasteiger partial charge on any atom is -0.330 e. The van der Waals surface area contributed by atoms with E-state index in [1.165, 1.54) is 12.1 Å². The summed E-state index contributed by atoms with van der Waals surface area (Å²) in [6.45, 7) is 0.400. The zero-order valence-electron chi connectivity index (χ0n) is 13.1. The van der Waals surface area contributed by atoms with Crippen molar-refractivity contribution in [1.82, 2.24) is 4.72 Å². The average Bonchev–Trinajstić information content (AvgIpc) is 2.46. The highest BCUT2D eigenvalue weighted by molar-refractivity contribution is 7.88. The molecule has 0 radical (unpaired) electrons. The molecule has 1 fully saturated rings. The molecule has 0 bridgehead atoms. The Morgan fingerprint density at radius 2 is 1.88 bits per heavy atom. The molecule has 2 rings (SSSR count). The van der Waals surface area contributed by atoms with Crippen molar-refractivity contribution in [2.75, 3.05) is 6.54 Å². The Bertz CT molecular complexity index is 638. The third-order valence-electron chi connectivity index (χ3n) is 4.15. The molecule has 9 heteroatoms. The van der Waals surface area contributed by atoms with Gasteiger partial charge in [0, 0.05) is 6.04 Å². The van der Waals surface area contributed by atoms with Crippen LogP contribution in [0.5, 0.6) is 0 Å². The van der Waals surface area contributed by atoms with E-state index in [9.17, 15) is 21.6 Å². The van der Waals surface area contributed by atoms with Crippen LogP contribution in [0, 0.1) is 5.92 Å². The second kappa shape index (κ2) is 8.51. The maximum atomic E-state index is 12.7. The van der Waals surface area contributed by atoms with Crippen molar-refractivity contribution in [2.24, 2.45) is 11.7 Å². The van der Waals surface area contributed by atoms with Gasteiger partial charge in [0.15, 0.2) is 0 Å². The normalized spacial score (nSPS) is 22.0. The largest absolute Gasteiger partial charge is 0.416 e. The highest BCUT2D eigenvalue weighted by Gasteiger charge is 2.31. The molecule has 24 heavy (non-hydrogen) atoms. The molecule has 1 aliphatic rings. The maximum absolute atomic E-state index is 12.7. The van der Waals surface area contributed by atoms with Gasteiger partial charge in [-0.2, -0.15) is 13.2 Å². The molecule has 1 aromatic rings. The van der Waals surface area contributed by atoms with E-state index in [2.05, 4.69) is 4.72 Å². The monoisotopic (exact) mass is 386 g/mol. The van der Waals surface area contributed by atoms with Crippen LogP contribution in [0.1, 0.15) is 36.8 Å². The molecule has 1 aromatic carbocycles. The Balaban J connectivity index is 0.00000288. The first-order valence-corrected chi connectivity index (χ1v) is 9.23. The van der Waals surface area contributed by atoms with Gasteiger partial charge in [-0.3, -0.25) is 0 Å². The molecule has 4 nitrogen and oxygen atoms in total. The molecule has 0 aromatic heterocycles. The molecule has 0 amide bonds. The Kier molecular flexibility index (Phi) is 7.52. The van der Waals surface area contributed by atoms with Crippen LogP contribution in [0.3, 0.4) is 0 Å². The van der Waals surface area contributed by atoms with E-state index in [1.807, 2.05) is 0 Å². The van der Waals surface area contributed by atoms with Gasteiger partial charge in [-0.1, -0.05) is 31.0 Å². The Labute approximate surface area is 146 Å². The van der Waals surface area contributed by atoms with Gasteiger partial charge >= 0.3 is 6.18 Å². The van der Waals surface area contributed by atoms with Crippen molar-refractivity contribution < 1.29 is 21.6 Å². The van der Waals surface area contributed by atoms with E-state index < -0.39 is 27.5 Å². The number of nitrogens with two attached hydrogens (primary N) is 1. The predicted octanol–water partition coefficient (Wildman–Crippen LogP) is 3.06. The molecule has 0 heterocycles. The first kappa shape index (κ1) is 21.2. The molecule has 0 aliphatic heterocycles. The van der Waals surface area contributed by atoms with Crippen LogP contribution >= 0.6 is 12.4 Å². The third kappa shape index (κ3) is 5.91. The van der Waals surface area contributed by atoms with Crippen molar-refractivity contribution >= 4 is 22.4 Å². The van der Waals surface area contributed by atoms with E-state index in [0.717, 1.165) is 31.4 Å². The van der Waals surface area contributed by atoms with Gasteiger partial charge in [0.05, 0.1) is 11.3 Å². The first-order valence-electron chi connectivity index (χ1n) is 7.57. The number of rotatable bonds is 5. The highest BCUT2D eigenvalue weighted by atomic mass is 35.5. The summed E-state index contributed by atoms with van der Waals surface area (Å²) >= 11 is 0. The average molecular weight is 387 g/mol. The molecular formula is C15H22ClF3N2O2S. The van der Waals surface area contributed by atoms with Gasteiger partial charge in [0.25, 0.3) is 0 Å². The molecule has 0 saturated heterocycles. The minimum absolute atomic E-state index is 0. The SMILES string of the molecule is Cl.NCC1CCCCC1NS(=O)(=O)Cc1cccc(C(F)(F)F)c1. The van der Waals surface area contributed by atoms with Crippen LogP contribution in [0.25, 0.3) is 0 Å². The quantitative estimate of drug-likeness (QED) is 0.816. The summed E-state index contributed by atoms with van der Waals surface area (Å²) < 4.78 is 65.2. The lowest BCUT2D eigenvalue weighted by atomic mass is 9.85. The number of nitrogens with one attached hydrogen (secondary N) is 1. The van der Waals surface area contributed by atoms with Gasteiger partial charge in [-0.15, -0.1) is 12.4 Å². The molecule has 138 valence electrons. The van der Waals surface area contributed by atoms with Crippen LogP contribution in [0.15, 0.2) is 24.3 Å². The lowest BCUT2D eigenvalue weighted by Gasteiger charge is -2.31. The van der Waals surface area contributed by atoms with Crippen LogP contribution in [-0.2, 0) is 22.0 Å². The van der Waals surface area contributed by atoms with E-state index >= 15 is 0 Å². The number of hydrogen-bond donors (Lipinski definition) is 2. The van der Waals surface area contributed by atoms with E-state index in [-0.39, 0.29) is 29.9 Å². The van der Waals surface area contributed by atoms with Gasteiger partial charge in [-0.25, -0.2) is 13.1 Å². The molecule has 1 saturated carbocycles. The zero-order chi connectivity index (χ0) is 17.1. The third-order valence-corrected chi connectivity index (χ3v) is 5.53. The number of sulfonamides is 1. The Morgan fingerprint density at radius 3 is 2.50 bits per heavy atom. The van der Waals surface area contributed by atoms with Gasteiger partial charge < -0.3 is 5.73 Å². The number of hydrogen-bond acceptors (Lipinski definition) is 3. The lowest BCUT2D eigenvalue weighted by molar-refractivity contribution is -0.137. The Hall–Kier alpha value is -0.830. The van der Waals surface area contributed by atoms with Crippen LogP contribution < -0.4 is 10.5 Å². The van der Waals surface area contributed by atoms with Crippen molar-refractivity contribution in [3.8, 4) is 0 Å². The fraction of sp³-hybridized carbons (Fsp3) is 0.600. The fourth-order valence-electron chi connectivity index (χ4n) is 2.97. The zero-order valence-corrected chi connectivity index (χ0v) is 14.7. The highest BCUT2D eigenvalue weighted by Crippen LogP contribution is 2.30. The maximum Gasteiger partial charge on any atom is 0.416 e. The standard InChI is InChI=1S/C15H21F3N2O2S.ClH/c16-15(17,18)13-6-3-4-11(8-13)10-23(21,22)20-14-7-2-1-5-12(14)9-19;/h3-4,6,8,12,14,20H,1-2,5,7,9-10,19H2;1H. The van der Waals surface area contributed by atoms with Crippen molar-refractivity contribution in [3.05, 3.63) is 35.4 Å². The first-order chi connectivity index (χ1) is 10.7. The summed E-state index contributed by atoms with van der Waals surface area (Å²) in [6, 6.07) is 4.17.